The van der Waals surface area contributed by atoms with Gasteiger partial charge in [0.1, 0.15) is 5.82 Å². The Morgan fingerprint density at radius 1 is 1.00 bits per heavy atom. The summed E-state index contributed by atoms with van der Waals surface area (Å²) >= 11 is 0. The first kappa shape index (κ1) is 32.1. The van der Waals surface area contributed by atoms with Crippen molar-refractivity contribution in [2.75, 3.05) is 48.4 Å². The van der Waals surface area contributed by atoms with Crippen LogP contribution in [0.3, 0.4) is 0 Å². The van der Waals surface area contributed by atoms with Crippen molar-refractivity contribution >= 4 is 33.1 Å². The first-order chi connectivity index (χ1) is 20.1. The Hall–Kier alpha value is -3.84. The fraction of sp³-hybridized carbons (Fsp3) is 0.367. The molecule has 0 radical (unpaired) electrons. The van der Waals surface area contributed by atoms with Crippen LogP contribution in [0, 0.1) is 5.82 Å². The van der Waals surface area contributed by atoms with Crippen LogP contribution in [0.5, 0.6) is 0 Å². The zero-order valence-electron chi connectivity index (χ0n) is 24.1. The Balaban J connectivity index is 1.48. The fourth-order valence-electron chi connectivity index (χ4n) is 5.33. The molecule has 8 nitrogen and oxygen atoms in total. The summed E-state index contributed by atoms with van der Waals surface area (Å²) in [6.45, 7) is 0.978. The van der Waals surface area contributed by atoms with Gasteiger partial charge in [0.2, 0.25) is 10.0 Å². The summed E-state index contributed by atoms with van der Waals surface area (Å²) in [5.74, 6) is -0.889. The molecule has 43 heavy (non-hydrogen) atoms. The quantitative estimate of drug-likeness (QED) is 0.268. The van der Waals surface area contributed by atoms with Gasteiger partial charge in [0.15, 0.2) is 0 Å². The fourth-order valence-corrected chi connectivity index (χ4v) is 5.90. The van der Waals surface area contributed by atoms with Gasteiger partial charge in [0.05, 0.1) is 17.5 Å². The predicted molar refractivity (Wildman–Crippen MR) is 160 cm³/mol. The van der Waals surface area contributed by atoms with Gasteiger partial charge in [0.25, 0.3) is 0 Å². The molecular weight excluding hydrogens is 586 g/mol. The molecule has 3 N–H and O–H groups in total. The third-order valence-corrected chi connectivity index (χ3v) is 8.32. The van der Waals surface area contributed by atoms with Gasteiger partial charge < -0.3 is 20.4 Å². The highest BCUT2D eigenvalue weighted by atomic mass is 32.2. The minimum Gasteiger partial charge on any atom is -0.371 e. The topological polar surface area (TPSA) is 93.8 Å². The van der Waals surface area contributed by atoms with Gasteiger partial charge in [-0.1, -0.05) is 36.4 Å². The van der Waals surface area contributed by atoms with Crippen LogP contribution in [0.2, 0.25) is 0 Å². The van der Waals surface area contributed by atoms with Crippen molar-refractivity contribution in [1.82, 2.24) is 10.2 Å². The van der Waals surface area contributed by atoms with Gasteiger partial charge in [0, 0.05) is 36.5 Å². The number of nitrogens with one attached hydrogen (secondary N) is 3. The van der Waals surface area contributed by atoms with E-state index in [1.807, 2.05) is 41.9 Å². The molecule has 0 atom stereocenters. The lowest BCUT2D eigenvalue weighted by molar-refractivity contribution is -0.137. The molecule has 0 bridgehead atoms. The third-order valence-electron chi connectivity index (χ3n) is 7.73. The number of alkyl halides is 3. The number of hydrogen-bond donors (Lipinski definition) is 3. The molecule has 1 fully saturated rings. The molecule has 0 saturated carbocycles. The van der Waals surface area contributed by atoms with Crippen molar-refractivity contribution in [2.24, 2.45) is 0 Å². The van der Waals surface area contributed by atoms with E-state index in [0.29, 0.717) is 24.3 Å². The van der Waals surface area contributed by atoms with Crippen LogP contribution < -0.4 is 20.3 Å². The van der Waals surface area contributed by atoms with Crippen molar-refractivity contribution in [3.63, 3.8) is 0 Å². The molecule has 0 spiro atoms. The summed E-state index contributed by atoms with van der Waals surface area (Å²) in [5, 5.41) is 5.08. The molecule has 1 heterocycles. The largest absolute Gasteiger partial charge is 0.416 e. The molecule has 2 amide bonds. The average molecular weight is 622 g/mol. The third kappa shape index (κ3) is 8.38. The van der Waals surface area contributed by atoms with E-state index in [9.17, 15) is 30.8 Å². The van der Waals surface area contributed by atoms with Crippen LogP contribution in [0.25, 0.3) is 0 Å². The van der Waals surface area contributed by atoms with Gasteiger partial charge >= 0.3 is 12.2 Å². The molecule has 232 valence electrons. The lowest BCUT2D eigenvalue weighted by atomic mass is 9.80. The molecule has 13 heteroatoms. The maximum atomic E-state index is 14.3. The highest BCUT2D eigenvalue weighted by Crippen LogP contribution is 2.37. The first-order valence-electron chi connectivity index (χ1n) is 13.6. The Labute approximate surface area is 249 Å². The number of hydrogen-bond acceptors (Lipinski definition) is 5. The summed E-state index contributed by atoms with van der Waals surface area (Å²) in [7, 11) is 0.360. The minimum absolute atomic E-state index is 0.0659. The zero-order chi connectivity index (χ0) is 31.4. The summed E-state index contributed by atoms with van der Waals surface area (Å²) in [6.07, 6.45) is -1.37. The van der Waals surface area contributed by atoms with Gasteiger partial charge in [-0.05, 0) is 74.8 Å². The van der Waals surface area contributed by atoms with Gasteiger partial charge in [-0.15, -0.1) is 0 Å². The number of carbonyl (C=O) groups is 1. The van der Waals surface area contributed by atoms with Crippen LogP contribution in [-0.2, 0) is 29.2 Å². The number of halogens is 4. The van der Waals surface area contributed by atoms with Crippen LogP contribution >= 0.6 is 0 Å². The summed E-state index contributed by atoms with van der Waals surface area (Å²) in [5.41, 5.74) is 0.956. The molecule has 0 unspecified atom stereocenters. The number of piperidine rings is 1. The molecular formula is C30H35F4N5O3S. The van der Waals surface area contributed by atoms with Crippen LogP contribution in [0.4, 0.5) is 39.4 Å². The Morgan fingerprint density at radius 3 is 2.26 bits per heavy atom. The molecule has 3 aromatic carbocycles. The van der Waals surface area contributed by atoms with Crippen molar-refractivity contribution in [3.8, 4) is 0 Å². The summed E-state index contributed by atoms with van der Waals surface area (Å²) < 4.78 is 80.1. The van der Waals surface area contributed by atoms with E-state index in [2.05, 4.69) is 27.7 Å². The van der Waals surface area contributed by atoms with Crippen LogP contribution in [0.1, 0.15) is 29.5 Å². The zero-order valence-corrected chi connectivity index (χ0v) is 24.9. The van der Waals surface area contributed by atoms with Crippen LogP contribution in [0.15, 0.2) is 66.7 Å². The summed E-state index contributed by atoms with van der Waals surface area (Å²) in [6, 6.07) is 16.3. The number of carbonyl (C=O) groups excluding carboxylic acids is 1. The van der Waals surface area contributed by atoms with Crippen molar-refractivity contribution in [1.29, 1.82) is 0 Å². The van der Waals surface area contributed by atoms with E-state index in [1.165, 1.54) is 23.8 Å². The highest BCUT2D eigenvalue weighted by Gasteiger charge is 2.38. The molecule has 1 saturated heterocycles. The maximum absolute atomic E-state index is 14.3. The molecule has 3 aromatic rings. The number of benzene rings is 3. The second-order valence-corrected chi connectivity index (χ2v) is 12.7. The van der Waals surface area contributed by atoms with Gasteiger partial charge in [-0.3, -0.25) is 4.72 Å². The number of sulfonamides is 1. The first-order valence-corrected chi connectivity index (χ1v) is 15.5. The van der Waals surface area contributed by atoms with E-state index in [0.717, 1.165) is 43.7 Å². The van der Waals surface area contributed by atoms with Crippen molar-refractivity contribution in [2.45, 2.75) is 37.5 Å². The standard InChI is InChI=1S/C30H35F4N5O3S/c1-38(2)29(19-21-7-5-4-6-8-21)13-15-39(16-14-29)27-17-23(30(32,33)34)10-9-22(27)20-35-28(40)36-24-11-12-26(25(31)18-24)37-43(3,41)42/h4-12,17-18,37H,13-16,19-20H2,1-3H3,(H2,35,36,40). The van der Waals surface area contributed by atoms with Crippen LogP contribution in [-0.4, -0.2) is 58.3 Å². The normalized spacial score (nSPS) is 15.3. The van der Waals surface area contributed by atoms with E-state index in [4.69, 9.17) is 0 Å². The number of likely N-dealkylation sites (N-methyl/N-ethyl adjacent to an activating group) is 1. The number of anilines is 3. The molecule has 1 aliphatic rings. The second kappa shape index (κ2) is 12.8. The van der Waals surface area contributed by atoms with Gasteiger partial charge in [-0.2, -0.15) is 13.2 Å². The van der Waals surface area contributed by atoms with E-state index in [1.54, 1.807) is 0 Å². The molecule has 0 aliphatic carbocycles. The second-order valence-electron chi connectivity index (χ2n) is 11.0. The van der Waals surface area contributed by atoms with Crippen molar-refractivity contribution in [3.05, 3.63) is 89.2 Å². The maximum Gasteiger partial charge on any atom is 0.416 e. The Bertz CT molecular complexity index is 1540. The Morgan fingerprint density at radius 2 is 1.67 bits per heavy atom. The predicted octanol–water partition coefficient (Wildman–Crippen LogP) is 5.68. The van der Waals surface area contributed by atoms with Crippen molar-refractivity contribution < 1.29 is 30.8 Å². The monoisotopic (exact) mass is 621 g/mol. The van der Waals surface area contributed by atoms with E-state index < -0.39 is 33.6 Å². The number of nitrogens with zero attached hydrogens (tertiary/aromatic N) is 2. The number of rotatable bonds is 9. The Kier molecular flexibility index (Phi) is 9.55. The molecule has 4 rings (SSSR count). The smallest absolute Gasteiger partial charge is 0.371 e. The highest BCUT2D eigenvalue weighted by molar-refractivity contribution is 7.92. The lowest BCUT2D eigenvalue weighted by Gasteiger charge is -2.47. The lowest BCUT2D eigenvalue weighted by Crippen LogP contribution is -2.54. The molecule has 0 aromatic heterocycles. The minimum atomic E-state index is -4.53. The number of amides is 2. The SMILES string of the molecule is CN(C)C1(Cc2ccccc2)CCN(c2cc(C(F)(F)F)ccc2CNC(=O)Nc2ccc(NS(C)(=O)=O)c(F)c2)CC1. The average Bonchev–Trinajstić information content (AvgIpc) is 2.93. The summed E-state index contributed by atoms with van der Waals surface area (Å²) in [4.78, 5) is 16.7. The van der Waals surface area contributed by atoms with E-state index >= 15 is 0 Å². The van der Waals surface area contributed by atoms with Gasteiger partial charge in [-0.25, -0.2) is 17.6 Å². The number of urea groups is 1. The van der Waals surface area contributed by atoms with E-state index in [-0.39, 0.29) is 23.5 Å². The molecule has 1 aliphatic heterocycles.